The van der Waals surface area contributed by atoms with Gasteiger partial charge in [0.2, 0.25) is 0 Å². The fourth-order valence-electron chi connectivity index (χ4n) is 3.85. The van der Waals surface area contributed by atoms with Crippen molar-refractivity contribution in [1.82, 2.24) is 0 Å². The van der Waals surface area contributed by atoms with Gasteiger partial charge >= 0.3 is 0 Å². The maximum Gasteiger partial charge on any atom is 0.264 e. The van der Waals surface area contributed by atoms with Gasteiger partial charge < -0.3 is 9.47 Å². The first-order valence-electron chi connectivity index (χ1n) is 8.96. The van der Waals surface area contributed by atoms with E-state index in [9.17, 15) is 8.42 Å². The summed E-state index contributed by atoms with van der Waals surface area (Å²) in [5.74, 6) is 1.22. The lowest BCUT2D eigenvalue weighted by Crippen LogP contribution is -2.53. The van der Waals surface area contributed by atoms with E-state index in [2.05, 4.69) is 0 Å². The van der Waals surface area contributed by atoms with E-state index in [1.165, 1.54) is 0 Å². The number of sulfonamides is 1. The largest absolute Gasteiger partial charge is 0.497 e. The highest BCUT2D eigenvalue weighted by Gasteiger charge is 2.43. The van der Waals surface area contributed by atoms with Crippen molar-refractivity contribution in [3.63, 3.8) is 0 Å². The van der Waals surface area contributed by atoms with E-state index in [1.807, 2.05) is 19.1 Å². The number of benzene rings is 2. The highest BCUT2D eigenvalue weighted by atomic mass is 32.2. The van der Waals surface area contributed by atoms with E-state index in [0.29, 0.717) is 22.1 Å². The van der Waals surface area contributed by atoms with Crippen molar-refractivity contribution in [1.29, 1.82) is 0 Å². The summed E-state index contributed by atoms with van der Waals surface area (Å²) in [6.07, 6.45) is 3.63. The van der Waals surface area contributed by atoms with Crippen molar-refractivity contribution >= 4 is 15.7 Å². The van der Waals surface area contributed by atoms with Gasteiger partial charge in [-0.25, -0.2) is 8.42 Å². The second-order valence-electron chi connectivity index (χ2n) is 6.96. The molecule has 0 radical (unpaired) electrons. The van der Waals surface area contributed by atoms with Crippen LogP contribution in [-0.4, -0.2) is 27.7 Å². The van der Waals surface area contributed by atoms with E-state index >= 15 is 0 Å². The number of rotatable bonds is 3. The lowest BCUT2D eigenvalue weighted by atomic mass is 9.91. The van der Waals surface area contributed by atoms with E-state index in [4.69, 9.17) is 9.47 Å². The molecule has 0 bridgehead atoms. The molecule has 0 aromatic heterocycles. The summed E-state index contributed by atoms with van der Waals surface area (Å²) in [7, 11) is -2.11. The van der Waals surface area contributed by atoms with E-state index in [-0.39, 0.29) is 12.1 Å². The molecule has 1 aliphatic heterocycles. The molecule has 1 fully saturated rings. The lowest BCUT2D eigenvalue weighted by Gasteiger charge is -2.44. The van der Waals surface area contributed by atoms with Crippen LogP contribution in [0.15, 0.2) is 47.4 Å². The lowest BCUT2D eigenvalue weighted by molar-refractivity contribution is 0.122. The molecule has 1 saturated carbocycles. The van der Waals surface area contributed by atoms with Crippen LogP contribution in [0.2, 0.25) is 0 Å². The standard InChI is InChI=1S/C20H23NO4S/c1-14-7-10-16(11-8-14)26(22,23)21-17-5-3-4-6-19(17)25-20-12-9-15(24-2)13-18(20)21/h7-13,17,19H,3-6H2,1-2H3/t17-,19-/m0/s1. The fraction of sp³-hybridized carbons (Fsp3) is 0.400. The van der Waals surface area contributed by atoms with Crippen LogP contribution in [-0.2, 0) is 10.0 Å². The Kier molecular flexibility index (Phi) is 4.31. The molecule has 2 aliphatic rings. The van der Waals surface area contributed by atoms with Crippen molar-refractivity contribution in [2.75, 3.05) is 11.4 Å². The van der Waals surface area contributed by atoms with Crippen LogP contribution < -0.4 is 13.8 Å². The number of fused-ring (bicyclic) bond motifs is 2. The molecule has 2 aromatic rings. The molecule has 1 heterocycles. The zero-order valence-corrected chi connectivity index (χ0v) is 15.8. The second kappa shape index (κ2) is 6.50. The first-order valence-corrected chi connectivity index (χ1v) is 10.4. The summed E-state index contributed by atoms with van der Waals surface area (Å²) in [6, 6.07) is 12.2. The molecule has 138 valence electrons. The molecule has 0 saturated heterocycles. The smallest absolute Gasteiger partial charge is 0.264 e. The van der Waals surface area contributed by atoms with Crippen molar-refractivity contribution < 1.29 is 17.9 Å². The van der Waals surface area contributed by atoms with Gasteiger partial charge in [-0.1, -0.05) is 24.1 Å². The zero-order valence-electron chi connectivity index (χ0n) is 15.0. The topological polar surface area (TPSA) is 55.8 Å². The van der Waals surface area contributed by atoms with Gasteiger partial charge in [0.15, 0.2) is 0 Å². The van der Waals surface area contributed by atoms with Gasteiger partial charge in [0, 0.05) is 6.07 Å². The Labute approximate surface area is 154 Å². The number of anilines is 1. The minimum Gasteiger partial charge on any atom is -0.497 e. The molecular weight excluding hydrogens is 350 g/mol. The Hall–Kier alpha value is -2.21. The highest BCUT2D eigenvalue weighted by molar-refractivity contribution is 7.92. The number of nitrogens with zero attached hydrogens (tertiary/aromatic N) is 1. The first-order chi connectivity index (χ1) is 12.5. The van der Waals surface area contributed by atoms with Crippen LogP contribution in [0.4, 0.5) is 5.69 Å². The minimum absolute atomic E-state index is 0.107. The number of aryl methyl sites for hydroxylation is 1. The van der Waals surface area contributed by atoms with Gasteiger partial charge in [-0.3, -0.25) is 4.31 Å². The molecule has 1 aliphatic carbocycles. The van der Waals surface area contributed by atoms with Gasteiger partial charge in [-0.05, 0) is 50.5 Å². The Bertz CT molecular complexity index is 908. The minimum atomic E-state index is -3.69. The number of hydrogen-bond acceptors (Lipinski definition) is 4. The van der Waals surface area contributed by atoms with Crippen molar-refractivity contribution in [3.8, 4) is 11.5 Å². The first kappa shape index (κ1) is 17.2. The van der Waals surface area contributed by atoms with Gasteiger partial charge in [0.05, 0.1) is 23.7 Å². The molecular formula is C20H23NO4S. The Morgan fingerprint density at radius 2 is 1.81 bits per heavy atom. The third-order valence-electron chi connectivity index (χ3n) is 5.23. The summed E-state index contributed by atoms with van der Waals surface area (Å²) < 4.78 is 40.1. The maximum absolute atomic E-state index is 13.5. The Morgan fingerprint density at radius 1 is 1.08 bits per heavy atom. The molecule has 0 N–H and O–H groups in total. The number of methoxy groups -OCH3 is 1. The third kappa shape index (κ3) is 2.82. The van der Waals surface area contributed by atoms with Crippen LogP contribution in [0.25, 0.3) is 0 Å². The molecule has 4 rings (SSSR count). The summed E-state index contributed by atoms with van der Waals surface area (Å²) in [5, 5.41) is 0. The molecule has 0 amide bonds. The SMILES string of the molecule is COc1ccc2c(c1)N(S(=O)(=O)c1ccc(C)cc1)[C@H]1CCCC[C@@H]1O2. The molecule has 6 heteroatoms. The monoisotopic (exact) mass is 373 g/mol. The van der Waals surface area contributed by atoms with Crippen LogP contribution in [0.3, 0.4) is 0 Å². The zero-order chi connectivity index (χ0) is 18.3. The molecule has 0 unspecified atom stereocenters. The van der Waals surface area contributed by atoms with Gasteiger partial charge in [-0.15, -0.1) is 0 Å². The van der Waals surface area contributed by atoms with Crippen LogP contribution in [0.1, 0.15) is 31.2 Å². The summed E-state index contributed by atoms with van der Waals surface area (Å²) >= 11 is 0. The number of hydrogen-bond donors (Lipinski definition) is 0. The van der Waals surface area contributed by atoms with Crippen LogP contribution >= 0.6 is 0 Å². The molecule has 2 aromatic carbocycles. The quantitative estimate of drug-likeness (QED) is 0.819. The van der Waals surface area contributed by atoms with Crippen molar-refractivity contribution in [2.45, 2.75) is 49.6 Å². The van der Waals surface area contributed by atoms with Crippen LogP contribution in [0, 0.1) is 6.92 Å². The average molecular weight is 373 g/mol. The molecule has 26 heavy (non-hydrogen) atoms. The maximum atomic E-state index is 13.5. The highest BCUT2D eigenvalue weighted by Crippen LogP contribution is 2.45. The van der Waals surface area contributed by atoms with Gasteiger partial charge in [-0.2, -0.15) is 0 Å². The summed E-state index contributed by atoms with van der Waals surface area (Å²) in [4.78, 5) is 0.308. The van der Waals surface area contributed by atoms with E-state index in [0.717, 1.165) is 31.2 Å². The fourth-order valence-corrected chi connectivity index (χ4v) is 5.56. The normalized spacial score (nSPS) is 22.2. The van der Waals surface area contributed by atoms with Crippen molar-refractivity contribution in [3.05, 3.63) is 48.0 Å². The van der Waals surface area contributed by atoms with Gasteiger partial charge in [0.25, 0.3) is 10.0 Å². The predicted octanol–water partition coefficient (Wildman–Crippen LogP) is 3.90. The number of ether oxygens (including phenoxy) is 2. The van der Waals surface area contributed by atoms with E-state index in [1.54, 1.807) is 41.7 Å². The van der Waals surface area contributed by atoms with Crippen LogP contribution in [0.5, 0.6) is 11.5 Å². The molecule has 0 spiro atoms. The molecule has 2 atom stereocenters. The predicted molar refractivity (Wildman–Crippen MR) is 101 cm³/mol. The third-order valence-corrected chi connectivity index (χ3v) is 7.08. The van der Waals surface area contributed by atoms with E-state index < -0.39 is 10.0 Å². The second-order valence-corrected chi connectivity index (χ2v) is 8.77. The average Bonchev–Trinajstić information content (AvgIpc) is 2.65. The Morgan fingerprint density at radius 3 is 2.54 bits per heavy atom. The van der Waals surface area contributed by atoms with Crippen molar-refractivity contribution in [2.24, 2.45) is 0 Å². The Balaban J connectivity index is 1.87. The summed E-state index contributed by atoms with van der Waals surface area (Å²) in [6.45, 7) is 1.95. The van der Waals surface area contributed by atoms with Gasteiger partial charge in [0.1, 0.15) is 17.6 Å². The molecule has 5 nitrogen and oxygen atoms in total. The summed E-state index contributed by atoms with van der Waals surface area (Å²) in [5.41, 5.74) is 1.59.